The number of hydrogen-bond acceptors (Lipinski definition) is 4. The molecule has 0 aromatic carbocycles. The minimum Gasteiger partial charge on any atom is 2.00 e. The molecule has 0 N–H and O–H groups in total. The van der Waals surface area contributed by atoms with Crippen LogP contribution in [-0.4, -0.2) is 19.0 Å². The van der Waals surface area contributed by atoms with Gasteiger partial charge in [-0.05, 0) is 0 Å². The summed E-state index contributed by atoms with van der Waals surface area (Å²) in [5.41, 5.74) is 0. The van der Waals surface area contributed by atoms with E-state index >= 15 is 0 Å². The molecule has 0 rings (SSSR count). The predicted octanol–water partition coefficient (Wildman–Crippen LogP) is -3.00. The fourth-order valence-corrected chi connectivity index (χ4v) is 0. The Bertz CT molecular complexity index is 90.7. The van der Waals surface area contributed by atoms with Crippen LogP contribution in [0.1, 0.15) is 0 Å². The van der Waals surface area contributed by atoms with Crippen molar-refractivity contribution < 1.29 is 35.5 Å². The van der Waals surface area contributed by atoms with Crippen LogP contribution in [0, 0.1) is 0 Å². The van der Waals surface area contributed by atoms with Crippen molar-refractivity contribution in [2.45, 2.75) is 0 Å². The van der Waals surface area contributed by atoms with Gasteiger partial charge in [0, 0.05) is 0 Å². The van der Waals surface area contributed by atoms with Crippen LogP contribution in [-0.2, 0) is 28.6 Å². The molecule has 0 aliphatic rings. The molecule has 0 aromatic heterocycles. The molecule has 0 heterocycles. The maximum Gasteiger partial charge on any atom is 2.00 e. The average Bonchev–Trinajstić information content (AvgIpc) is 0.722. The van der Waals surface area contributed by atoms with Crippen molar-refractivity contribution in [1.29, 1.82) is 0 Å². The van der Waals surface area contributed by atoms with Crippen LogP contribution < -0.4 is 6.94 Å². The van der Waals surface area contributed by atoms with E-state index in [1.165, 1.54) is 0 Å². The first-order valence-corrected chi connectivity index (χ1v) is 4.47. The molecule has 6 heavy (non-hydrogen) atoms. The summed E-state index contributed by atoms with van der Waals surface area (Å²) < 4.78 is 34.5. The van der Waals surface area contributed by atoms with E-state index < -0.39 is 19.0 Å². The first-order chi connectivity index (χ1) is 2.00. The summed E-state index contributed by atoms with van der Waals surface area (Å²) in [5, 5.41) is 0. The molecule has 0 unspecified atom stereocenters. The molecule has 0 spiro atoms. The van der Waals surface area contributed by atoms with Crippen LogP contribution in [0.15, 0.2) is 0 Å². The molecule has 0 bridgehead atoms. The standard InChI is InChI=1S/Ag.H2O4Te/c;1-5(2,3)4/h;(H2,1,2,3,4)/q+2;/p-2. The van der Waals surface area contributed by atoms with E-state index in [4.69, 9.17) is 13.2 Å². The molecule has 0 aliphatic heterocycles. The van der Waals surface area contributed by atoms with Crippen molar-refractivity contribution in [2.24, 2.45) is 0 Å². The van der Waals surface area contributed by atoms with E-state index in [2.05, 4.69) is 0 Å². The smallest absolute Gasteiger partial charge is 2.00 e. The Labute approximate surface area is 54.3 Å². The second-order valence-corrected chi connectivity index (χ2v) is 2.74. The molecule has 0 atom stereocenters. The molecule has 0 saturated carbocycles. The van der Waals surface area contributed by atoms with E-state index in [-0.39, 0.29) is 22.4 Å². The minimum absolute atomic E-state index is 0. The van der Waals surface area contributed by atoms with Gasteiger partial charge in [-0.15, -0.1) is 0 Å². The zero-order valence-corrected chi connectivity index (χ0v) is 6.16. The third-order valence-electron chi connectivity index (χ3n) is 0. The molecular formula is AgO4Te. The Balaban J connectivity index is 0. The molecule has 0 fully saturated rings. The van der Waals surface area contributed by atoms with E-state index in [0.29, 0.717) is 0 Å². The van der Waals surface area contributed by atoms with Crippen LogP contribution in [0.3, 0.4) is 0 Å². The van der Waals surface area contributed by atoms with Crippen LogP contribution in [0.2, 0.25) is 0 Å². The van der Waals surface area contributed by atoms with Gasteiger partial charge >= 0.3 is 54.5 Å². The van der Waals surface area contributed by atoms with Gasteiger partial charge in [0.25, 0.3) is 0 Å². The largest absolute Gasteiger partial charge is 2.00 e. The van der Waals surface area contributed by atoms with Crippen LogP contribution in [0.5, 0.6) is 0 Å². The topological polar surface area (TPSA) is 80.3 Å². The van der Waals surface area contributed by atoms with Crippen molar-refractivity contribution in [3.8, 4) is 0 Å². The number of rotatable bonds is 0. The summed E-state index contributed by atoms with van der Waals surface area (Å²) in [7, 11) is 0. The normalized spacial score (nSPS) is 9.67. The predicted molar refractivity (Wildman–Crippen MR) is 7.13 cm³/mol. The van der Waals surface area contributed by atoms with Crippen molar-refractivity contribution in [1.82, 2.24) is 0 Å². The first-order valence-electron chi connectivity index (χ1n) is 0.667. The summed E-state index contributed by atoms with van der Waals surface area (Å²) in [4.78, 5) is 0. The maximum absolute atomic E-state index is 8.63. The van der Waals surface area contributed by atoms with Gasteiger partial charge in [0.2, 0.25) is 0 Å². The molecule has 4 nitrogen and oxygen atoms in total. The quantitative estimate of drug-likeness (QED) is 0.447. The van der Waals surface area contributed by atoms with E-state index in [0.717, 1.165) is 0 Å². The van der Waals surface area contributed by atoms with E-state index in [9.17, 15) is 0 Å². The summed E-state index contributed by atoms with van der Waals surface area (Å²) in [6.07, 6.45) is 0. The van der Waals surface area contributed by atoms with Gasteiger partial charge in [0.15, 0.2) is 0 Å². The Kier molecular flexibility index (Phi) is 5.23. The summed E-state index contributed by atoms with van der Waals surface area (Å²) >= 11 is -6.02. The average molecular weight is 299 g/mol. The van der Waals surface area contributed by atoms with Crippen molar-refractivity contribution in [3.63, 3.8) is 0 Å². The molecule has 6 heteroatoms. The van der Waals surface area contributed by atoms with Gasteiger partial charge in [0.05, 0.1) is 0 Å². The van der Waals surface area contributed by atoms with Crippen LogP contribution in [0.25, 0.3) is 0 Å². The van der Waals surface area contributed by atoms with E-state index in [1.807, 2.05) is 0 Å². The van der Waals surface area contributed by atoms with E-state index in [1.54, 1.807) is 0 Å². The third-order valence-corrected chi connectivity index (χ3v) is 0. The fraction of sp³-hybridized carbons (Fsp3) is 0. The SMILES string of the molecule is O=[Te](=O)([O-])[O-].[Ag+2]. The zero-order valence-electron chi connectivity index (χ0n) is 2.34. The molecule has 0 aromatic rings. The molecular weight excluding hydrogens is 299 g/mol. The Morgan fingerprint density at radius 2 is 1.17 bits per heavy atom. The Morgan fingerprint density at radius 1 is 1.17 bits per heavy atom. The van der Waals surface area contributed by atoms with Crippen molar-refractivity contribution in [3.05, 3.63) is 0 Å². The molecule has 0 amide bonds. The first kappa shape index (κ1) is 10.1. The second kappa shape index (κ2) is 3.10. The molecule has 41 valence electrons. The minimum atomic E-state index is -6.02. The van der Waals surface area contributed by atoms with Gasteiger partial charge in [-0.3, -0.25) is 0 Å². The van der Waals surface area contributed by atoms with Gasteiger partial charge < -0.3 is 0 Å². The molecule has 0 saturated heterocycles. The summed E-state index contributed by atoms with van der Waals surface area (Å²) in [6, 6.07) is 0. The summed E-state index contributed by atoms with van der Waals surface area (Å²) in [6.45, 7) is 0. The monoisotopic (exact) mass is 301 g/mol. The Hall–Kier alpha value is 1.05. The van der Waals surface area contributed by atoms with Gasteiger partial charge in [-0.25, -0.2) is 0 Å². The van der Waals surface area contributed by atoms with Crippen molar-refractivity contribution in [2.75, 3.05) is 0 Å². The van der Waals surface area contributed by atoms with Gasteiger partial charge in [-0.1, -0.05) is 0 Å². The zero-order chi connectivity index (χ0) is 4.50. The van der Waals surface area contributed by atoms with Crippen molar-refractivity contribution >= 4 is 19.0 Å². The number of hydrogen-bond donors (Lipinski definition) is 0. The van der Waals surface area contributed by atoms with Gasteiger partial charge in [0.1, 0.15) is 0 Å². The third kappa shape index (κ3) is 75.1. The summed E-state index contributed by atoms with van der Waals surface area (Å²) in [5.74, 6) is 0. The Morgan fingerprint density at radius 3 is 1.17 bits per heavy atom. The van der Waals surface area contributed by atoms with Crippen LogP contribution in [0.4, 0.5) is 0 Å². The molecule has 1 radical (unpaired) electrons. The maximum atomic E-state index is 8.63. The molecule has 0 aliphatic carbocycles. The fourth-order valence-electron chi connectivity index (χ4n) is 0. The second-order valence-electron chi connectivity index (χ2n) is 0.408. The van der Waals surface area contributed by atoms with Gasteiger partial charge in [-0.2, -0.15) is 0 Å². The van der Waals surface area contributed by atoms with Crippen LogP contribution >= 0.6 is 0 Å².